The van der Waals surface area contributed by atoms with Gasteiger partial charge in [-0.15, -0.1) is 0 Å². The Bertz CT molecular complexity index is 1840. The first-order valence-electron chi connectivity index (χ1n) is 13.1. The first-order chi connectivity index (χ1) is 20.2. The highest BCUT2D eigenvalue weighted by Gasteiger charge is 2.45. The maximum absolute atomic E-state index is 15.0. The number of nitrogens with one attached hydrogen (secondary N) is 1. The van der Waals surface area contributed by atoms with Crippen molar-refractivity contribution in [1.82, 2.24) is 29.5 Å². The molecule has 0 radical (unpaired) electrons. The van der Waals surface area contributed by atoms with Crippen LogP contribution >= 0.6 is 0 Å². The zero-order chi connectivity index (χ0) is 29.4. The first-order valence-corrected chi connectivity index (χ1v) is 13.1. The molecule has 1 atom stereocenters. The number of likely N-dealkylation sites (tertiary alicyclic amines) is 1. The first kappa shape index (κ1) is 27.1. The third-order valence-electron chi connectivity index (χ3n) is 7.06. The zero-order valence-electron chi connectivity index (χ0n) is 23.0. The van der Waals surface area contributed by atoms with E-state index < -0.39 is 18.6 Å². The van der Waals surface area contributed by atoms with Crippen molar-refractivity contribution >= 4 is 27.9 Å². The number of nitriles is 1. The van der Waals surface area contributed by atoms with Crippen LogP contribution in [0.4, 0.5) is 20.2 Å². The van der Waals surface area contributed by atoms with Crippen LogP contribution in [0.15, 0.2) is 55.2 Å². The van der Waals surface area contributed by atoms with Crippen LogP contribution < -0.4 is 19.5 Å². The van der Waals surface area contributed by atoms with Crippen LogP contribution in [0.25, 0.3) is 16.6 Å². The molecule has 11 nitrogen and oxygen atoms in total. The maximum atomic E-state index is 15.0. The van der Waals surface area contributed by atoms with E-state index in [0.717, 1.165) is 5.56 Å². The highest BCUT2D eigenvalue weighted by Crippen LogP contribution is 2.41. The molecular formula is C29H26F2N8O3. The maximum Gasteiger partial charge on any atom is 0.296 e. The van der Waals surface area contributed by atoms with Crippen molar-refractivity contribution < 1.29 is 23.0 Å². The largest absolute Gasteiger partial charge is 0.497 e. The van der Waals surface area contributed by atoms with Crippen LogP contribution in [0.1, 0.15) is 17.5 Å². The molecule has 2 aromatic carbocycles. The van der Waals surface area contributed by atoms with Gasteiger partial charge in [0, 0.05) is 43.0 Å². The Balaban J connectivity index is 1.36. The molecule has 5 aromatic rings. The lowest BCUT2D eigenvalue weighted by molar-refractivity contribution is -0.134. The molecule has 214 valence electrons. The van der Waals surface area contributed by atoms with Gasteiger partial charge in [0.2, 0.25) is 5.88 Å². The number of benzene rings is 2. The number of ether oxygens (including phenoxy) is 3. The number of fused-ring (bicyclic) bond motifs is 2. The summed E-state index contributed by atoms with van der Waals surface area (Å²) < 4.78 is 48.9. The van der Waals surface area contributed by atoms with Crippen LogP contribution in [0.5, 0.6) is 23.1 Å². The second kappa shape index (κ2) is 10.7. The molecule has 1 saturated heterocycles. The van der Waals surface area contributed by atoms with Crippen LogP contribution in [-0.4, -0.2) is 68.7 Å². The summed E-state index contributed by atoms with van der Waals surface area (Å²) in [6.45, 7) is 1.92. The highest BCUT2D eigenvalue weighted by atomic mass is 19.3. The van der Waals surface area contributed by atoms with Gasteiger partial charge in [0.15, 0.2) is 11.8 Å². The van der Waals surface area contributed by atoms with E-state index >= 15 is 0 Å². The fraction of sp³-hybridized carbons (Fsp3) is 0.276. The highest BCUT2D eigenvalue weighted by molar-refractivity contribution is 6.01. The Labute approximate surface area is 239 Å². The number of aromatic nitrogens is 5. The number of aryl methyl sites for hydroxylation is 1. The lowest BCUT2D eigenvalue weighted by atomic mass is 10.0. The summed E-state index contributed by atoms with van der Waals surface area (Å²) >= 11 is 0. The van der Waals surface area contributed by atoms with E-state index in [1.54, 1.807) is 42.3 Å². The summed E-state index contributed by atoms with van der Waals surface area (Å²) in [5.74, 6) is -1.61. The number of anilines is 2. The minimum atomic E-state index is -3.07. The summed E-state index contributed by atoms with van der Waals surface area (Å²) in [6.07, 6.45) is 3.14. The van der Waals surface area contributed by atoms with Gasteiger partial charge in [0.1, 0.15) is 36.0 Å². The lowest BCUT2D eigenvalue weighted by Crippen LogP contribution is -2.52. The molecule has 0 amide bonds. The topological polar surface area (TPSA) is 123 Å². The summed E-state index contributed by atoms with van der Waals surface area (Å²) in [6, 6.07) is 12.4. The number of hydrogen-bond donors (Lipinski definition) is 1. The van der Waals surface area contributed by atoms with Crippen molar-refractivity contribution in [3.05, 3.63) is 66.4 Å². The fourth-order valence-corrected chi connectivity index (χ4v) is 4.94. The predicted octanol–water partition coefficient (Wildman–Crippen LogP) is 5.12. The molecule has 4 heterocycles. The van der Waals surface area contributed by atoms with E-state index in [0.29, 0.717) is 51.8 Å². The van der Waals surface area contributed by atoms with E-state index in [-0.39, 0.29) is 17.7 Å². The van der Waals surface area contributed by atoms with Gasteiger partial charge in [-0.2, -0.15) is 10.4 Å². The lowest BCUT2D eigenvalue weighted by Gasteiger charge is -2.36. The number of pyridine rings is 1. The van der Waals surface area contributed by atoms with Gasteiger partial charge < -0.3 is 24.4 Å². The molecule has 0 bridgehead atoms. The SMILES string of the molecule is COc1cc(OC2CCN(C)CC2(F)F)c2c(Nc3ccc(Oc4cc5ncnn5cn4)c(C)c3)c(C#N)cnc2c1. The van der Waals surface area contributed by atoms with Crippen molar-refractivity contribution in [3.63, 3.8) is 0 Å². The number of alkyl halides is 2. The molecule has 42 heavy (non-hydrogen) atoms. The molecule has 1 unspecified atom stereocenters. The molecule has 3 aromatic heterocycles. The van der Waals surface area contributed by atoms with Gasteiger partial charge in [0.05, 0.1) is 35.8 Å². The summed E-state index contributed by atoms with van der Waals surface area (Å²) in [7, 11) is 3.13. The number of piperidine rings is 1. The van der Waals surface area contributed by atoms with E-state index in [1.165, 1.54) is 30.5 Å². The van der Waals surface area contributed by atoms with Gasteiger partial charge in [-0.05, 0) is 37.7 Å². The normalized spacial score (nSPS) is 16.7. The summed E-state index contributed by atoms with van der Waals surface area (Å²) in [4.78, 5) is 14.4. The van der Waals surface area contributed by atoms with Crippen LogP contribution in [0, 0.1) is 18.3 Å². The molecule has 1 N–H and O–H groups in total. The summed E-state index contributed by atoms with van der Waals surface area (Å²) in [5.41, 5.74) is 3.03. The van der Waals surface area contributed by atoms with Crippen molar-refractivity contribution in [2.24, 2.45) is 0 Å². The zero-order valence-corrected chi connectivity index (χ0v) is 23.0. The second-order valence-corrected chi connectivity index (χ2v) is 10.1. The van der Waals surface area contributed by atoms with Crippen LogP contribution in [-0.2, 0) is 0 Å². The quantitative estimate of drug-likeness (QED) is 0.281. The Kier molecular flexibility index (Phi) is 6.91. The number of halogens is 2. The Morgan fingerprint density at radius 2 is 1.98 bits per heavy atom. The van der Waals surface area contributed by atoms with Crippen molar-refractivity contribution in [2.45, 2.75) is 25.4 Å². The molecule has 0 aliphatic carbocycles. The van der Waals surface area contributed by atoms with Crippen LogP contribution in [0.2, 0.25) is 0 Å². The molecule has 1 fully saturated rings. The molecule has 6 rings (SSSR count). The average molecular weight is 573 g/mol. The molecule has 0 spiro atoms. The van der Waals surface area contributed by atoms with E-state index in [4.69, 9.17) is 14.2 Å². The van der Waals surface area contributed by atoms with Crippen LogP contribution in [0.3, 0.4) is 0 Å². The van der Waals surface area contributed by atoms with E-state index in [2.05, 4.69) is 31.4 Å². The third-order valence-corrected chi connectivity index (χ3v) is 7.06. The van der Waals surface area contributed by atoms with Crippen molar-refractivity contribution in [2.75, 3.05) is 32.6 Å². The molecule has 1 aliphatic rings. The van der Waals surface area contributed by atoms with Gasteiger partial charge in [-0.1, -0.05) is 0 Å². The van der Waals surface area contributed by atoms with Crippen molar-refractivity contribution in [1.29, 1.82) is 5.26 Å². The van der Waals surface area contributed by atoms with Gasteiger partial charge in [-0.3, -0.25) is 4.98 Å². The smallest absolute Gasteiger partial charge is 0.296 e. The standard InChI is InChI=1S/C29H26F2N8O3/c1-17-8-19(4-5-22(17)42-26-11-25-34-15-36-39(25)16-35-26)37-28-18(12-32)13-33-21-9-20(40-3)10-23(27(21)28)41-24-6-7-38(2)14-29(24,30)31/h4-5,8-11,13,15-16,24H,6-7,14H2,1-3H3,(H,33,37). The van der Waals surface area contributed by atoms with Crippen molar-refractivity contribution in [3.8, 4) is 29.2 Å². The van der Waals surface area contributed by atoms with E-state index in [1.807, 2.05) is 13.0 Å². The third kappa shape index (κ3) is 5.19. The number of nitrogens with zero attached hydrogens (tertiary/aromatic N) is 7. The Hall–Kier alpha value is -5.09. The molecule has 13 heteroatoms. The molecule has 0 saturated carbocycles. The second-order valence-electron chi connectivity index (χ2n) is 10.1. The predicted molar refractivity (Wildman–Crippen MR) is 150 cm³/mol. The molecule has 1 aliphatic heterocycles. The van der Waals surface area contributed by atoms with Gasteiger partial charge in [-0.25, -0.2) is 23.3 Å². The number of hydrogen-bond acceptors (Lipinski definition) is 10. The minimum Gasteiger partial charge on any atom is -0.497 e. The summed E-state index contributed by atoms with van der Waals surface area (Å²) in [5, 5.41) is 17.7. The fourth-order valence-electron chi connectivity index (χ4n) is 4.94. The monoisotopic (exact) mass is 572 g/mol. The average Bonchev–Trinajstić information content (AvgIpc) is 3.43. The Morgan fingerprint density at radius 3 is 2.74 bits per heavy atom. The Morgan fingerprint density at radius 1 is 1.12 bits per heavy atom. The van der Waals surface area contributed by atoms with Gasteiger partial charge >= 0.3 is 0 Å². The van der Waals surface area contributed by atoms with Gasteiger partial charge in [0.25, 0.3) is 5.92 Å². The minimum absolute atomic E-state index is 0.135. The number of rotatable bonds is 7. The van der Waals surface area contributed by atoms with E-state index in [9.17, 15) is 14.0 Å². The number of methoxy groups -OCH3 is 1. The molecular weight excluding hydrogens is 546 g/mol.